The van der Waals surface area contributed by atoms with Crippen molar-refractivity contribution in [3.05, 3.63) is 35.4 Å². The largest absolute Gasteiger partial charge is 0.0683 e. The van der Waals surface area contributed by atoms with Gasteiger partial charge in [0.25, 0.3) is 0 Å². The maximum Gasteiger partial charge on any atom is 0 e. The Morgan fingerprint density at radius 3 is 1.45 bits per heavy atom. The van der Waals surface area contributed by atoms with Crippen LogP contribution in [0.2, 0.25) is 0 Å². The van der Waals surface area contributed by atoms with Gasteiger partial charge in [0.2, 0.25) is 0 Å². The van der Waals surface area contributed by atoms with Crippen LogP contribution in [0.3, 0.4) is 0 Å². The number of aryl methyl sites for hydroxylation is 2. The molecule has 1 radical (unpaired) electrons. The standard InChI is InChI=1S/C8H10.C2H6.V/c1-7-4-3-5-8(2)6-7;1-2;/h3-6H,1-2H3;1-2H3;. The van der Waals surface area contributed by atoms with Crippen LogP contribution in [0.4, 0.5) is 0 Å². The molecule has 1 heteroatoms. The molecule has 0 bridgehead atoms. The number of hydrogen-bond donors (Lipinski definition) is 0. The van der Waals surface area contributed by atoms with E-state index in [1.165, 1.54) is 11.1 Å². The predicted octanol–water partition coefficient (Wildman–Crippen LogP) is 3.33. The van der Waals surface area contributed by atoms with Gasteiger partial charge in [-0.1, -0.05) is 49.2 Å². The molecule has 0 saturated heterocycles. The van der Waals surface area contributed by atoms with Crippen molar-refractivity contribution in [2.75, 3.05) is 0 Å². The first-order valence-electron chi connectivity index (χ1n) is 3.82. The van der Waals surface area contributed by atoms with Gasteiger partial charge >= 0.3 is 0 Å². The zero-order valence-corrected chi connectivity index (χ0v) is 9.15. The third-order valence-corrected chi connectivity index (χ3v) is 1.17. The first-order chi connectivity index (χ1) is 4.79. The molecule has 1 rings (SSSR count). The molecule has 0 fully saturated rings. The Hall–Kier alpha value is -0.196. The van der Waals surface area contributed by atoms with Gasteiger partial charge in [0.15, 0.2) is 0 Å². The van der Waals surface area contributed by atoms with Gasteiger partial charge in [-0.05, 0) is 13.8 Å². The summed E-state index contributed by atoms with van der Waals surface area (Å²) in [6.45, 7) is 8.21. The zero-order valence-electron chi connectivity index (χ0n) is 7.76. The fourth-order valence-electron chi connectivity index (χ4n) is 0.807. The minimum atomic E-state index is 0. The second-order valence-corrected chi connectivity index (χ2v) is 2.16. The van der Waals surface area contributed by atoms with Crippen LogP contribution in [0.15, 0.2) is 24.3 Å². The third kappa shape index (κ3) is 6.21. The summed E-state index contributed by atoms with van der Waals surface area (Å²) in [6, 6.07) is 8.45. The molecule has 0 aliphatic rings. The molecule has 0 saturated carbocycles. The molecular formula is C10H16V. The fraction of sp³-hybridized carbons (Fsp3) is 0.400. The average molecular weight is 187 g/mol. The molecule has 0 amide bonds. The van der Waals surface area contributed by atoms with Crippen LogP contribution in [0.25, 0.3) is 0 Å². The van der Waals surface area contributed by atoms with Crippen LogP contribution < -0.4 is 0 Å². The monoisotopic (exact) mass is 187 g/mol. The first-order valence-corrected chi connectivity index (χ1v) is 3.82. The molecule has 0 unspecified atom stereocenters. The van der Waals surface area contributed by atoms with E-state index in [9.17, 15) is 0 Å². The van der Waals surface area contributed by atoms with Crippen LogP contribution in [0.5, 0.6) is 0 Å². The van der Waals surface area contributed by atoms with E-state index < -0.39 is 0 Å². The molecule has 0 aliphatic heterocycles. The smallest absolute Gasteiger partial charge is 0 e. The molecule has 11 heavy (non-hydrogen) atoms. The van der Waals surface area contributed by atoms with E-state index in [-0.39, 0.29) is 18.6 Å². The Kier molecular flexibility index (Phi) is 9.63. The molecule has 0 aliphatic carbocycles. The summed E-state index contributed by atoms with van der Waals surface area (Å²) in [5.41, 5.74) is 2.68. The predicted molar refractivity (Wildman–Crippen MR) is 47.3 cm³/mol. The van der Waals surface area contributed by atoms with Gasteiger partial charge in [0.05, 0.1) is 0 Å². The zero-order chi connectivity index (χ0) is 7.98. The Balaban J connectivity index is 0. The van der Waals surface area contributed by atoms with Gasteiger partial charge < -0.3 is 0 Å². The van der Waals surface area contributed by atoms with E-state index in [0.29, 0.717) is 0 Å². The molecule has 0 spiro atoms. The second kappa shape index (κ2) is 7.91. The van der Waals surface area contributed by atoms with Gasteiger partial charge in [0, 0.05) is 18.6 Å². The van der Waals surface area contributed by atoms with Gasteiger partial charge in [-0.3, -0.25) is 0 Å². The van der Waals surface area contributed by atoms with Crippen LogP contribution in [0, 0.1) is 13.8 Å². The SMILES string of the molecule is CC.Cc1cccc(C)c1.[V]. The Morgan fingerprint density at radius 1 is 0.909 bits per heavy atom. The minimum Gasteiger partial charge on any atom is -0.0683 e. The molecule has 1 aromatic rings. The van der Waals surface area contributed by atoms with Crippen LogP contribution in [-0.2, 0) is 18.6 Å². The van der Waals surface area contributed by atoms with Crippen LogP contribution >= 0.6 is 0 Å². The van der Waals surface area contributed by atoms with E-state index in [4.69, 9.17) is 0 Å². The van der Waals surface area contributed by atoms with E-state index in [1.54, 1.807) is 0 Å². The van der Waals surface area contributed by atoms with E-state index in [2.05, 4.69) is 38.1 Å². The normalized spacial score (nSPS) is 7.27. The van der Waals surface area contributed by atoms with E-state index >= 15 is 0 Å². The van der Waals surface area contributed by atoms with Gasteiger partial charge in [-0.2, -0.15) is 0 Å². The number of hydrogen-bond acceptors (Lipinski definition) is 0. The van der Waals surface area contributed by atoms with Gasteiger partial charge in [-0.25, -0.2) is 0 Å². The molecule has 0 heterocycles. The van der Waals surface area contributed by atoms with E-state index in [1.807, 2.05) is 13.8 Å². The molecule has 0 N–H and O–H groups in total. The molecule has 0 atom stereocenters. The second-order valence-electron chi connectivity index (χ2n) is 2.16. The average Bonchev–Trinajstić information content (AvgIpc) is 1.91. The Labute approximate surface area is 81.9 Å². The summed E-state index contributed by atoms with van der Waals surface area (Å²) in [5, 5.41) is 0. The van der Waals surface area contributed by atoms with Crippen LogP contribution in [-0.4, -0.2) is 0 Å². The van der Waals surface area contributed by atoms with Crippen molar-refractivity contribution in [1.29, 1.82) is 0 Å². The third-order valence-electron chi connectivity index (χ3n) is 1.17. The number of rotatable bonds is 0. The number of benzene rings is 1. The summed E-state index contributed by atoms with van der Waals surface area (Å²) < 4.78 is 0. The van der Waals surface area contributed by atoms with Crippen molar-refractivity contribution in [2.24, 2.45) is 0 Å². The fourth-order valence-corrected chi connectivity index (χ4v) is 0.807. The first kappa shape index (κ1) is 13.4. The minimum absolute atomic E-state index is 0. The van der Waals surface area contributed by atoms with Gasteiger partial charge in [0.1, 0.15) is 0 Å². The molecule has 0 nitrogen and oxygen atoms in total. The Morgan fingerprint density at radius 2 is 1.27 bits per heavy atom. The van der Waals surface area contributed by atoms with Crippen molar-refractivity contribution < 1.29 is 18.6 Å². The maximum atomic E-state index is 2.17. The van der Waals surface area contributed by atoms with Crippen molar-refractivity contribution in [3.63, 3.8) is 0 Å². The van der Waals surface area contributed by atoms with Crippen molar-refractivity contribution in [2.45, 2.75) is 27.7 Å². The topological polar surface area (TPSA) is 0 Å². The molecular weight excluding hydrogens is 171 g/mol. The molecule has 0 aromatic heterocycles. The van der Waals surface area contributed by atoms with Crippen LogP contribution in [0.1, 0.15) is 25.0 Å². The summed E-state index contributed by atoms with van der Waals surface area (Å²) >= 11 is 0. The quantitative estimate of drug-likeness (QED) is 0.584. The van der Waals surface area contributed by atoms with E-state index in [0.717, 1.165) is 0 Å². The summed E-state index contributed by atoms with van der Waals surface area (Å²) in [4.78, 5) is 0. The summed E-state index contributed by atoms with van der Waals surface area (Å²) in [7, 11) is 0. The van der Waals surface area contributed by atoms with Crippen molar-refractivity contribution in [1.82, 2.24) is 0 Å². The van der Waals surface area contributed by atoms with Crippen molar-refractivity contribution in [3.8, 4) is 0 Å². The maximum absolute atomic E-state index is 2.17. The summed E-state index contributed by atoms with van der Waals surface area (Å²) in [5.74, 6) is 0. The summed E-state index contributed by atoms with van der Waals surface area (Å²) in [6.07, 6.45) is 0. The van der Waals surface area contributed by atoms with Crippen molar-refractivity contribution >= 4 is 0 Å². The van der Waals surface area contributed by atoms with Gasteiger partial charge in [-0.15, -0.1) is 0 Å². The molecule has 1 aromatic carbocycles. The molecule has 61 valence electrons. The Bertz CT molecular complexity index is 165.